The summed E-state index contributed by atoms with van der Waals surface area (Å²) in [7, 11) is 1.89. The molecule has 120 valence electrons. The number of amides is 1. The van der Waals surface area contributed by atoms with Gasteiger partial charge in [-0.1, -0.05) is 42.5 Å². The SMILES string of the molecule is Cn1cnnc1-c1ccccc1NC(=O)[C@@H]1C[C@@H]1c1ccccc1. The summed E-state index contributed by atoms with van der Waals surface area (Å²) in [4.78, 5) is 12.6. The van der Waals surface area contributed by atoms with Gasteiger partial charge in [0.25, 0.3) is 0 Å². The van der Waals surface area contributed by atoms with E-state index in [1.54, 1.807) is 6.33 Å². The van der Waals surface area contributed by atoms with E-state index in [9.17, 15) is 4.79 Å². The molecule has 24 heavy (non-hydrogen) atoms. The molecule has 0 aliphatic heterocycles. The third-order valence-electron chi connectivity index (χ3n) is 4.49. The largest absolute Gasteiger partial charge is 0.325 e. The lowest BCUT2D eigenvalue weighted by atomic mass is 10.1. The number of anilines is 1. The number of carbonyl (C=O) groups excluding carboxylic acids is 1. The van der Waals surface area contributed by atoms with Crippen molar-refractivity contribution in [2.75, 3.05) is 5.32 Å². The molecule has 0 spiro atoms. The van der Waals surface area contributed by atoms with Crippen LogP contribution in [-0.4, -0.2) is 20.7 Å². The lowest BCUT2D eigenvalue weighted by molar-refractivity contribution is -0.117. The molecule has 0 bridgehead atoms. The van der Waals surface area contributed by atoms with Crippen molar-refractivity contribution in [3.63, 3.8) is 0 Å². The monoisotopic (exact) mass is 318 g/mol. The van der Waals surface area contributed by atoms with Gasteiger partial charge in [0.05, 0.1) is 5.69 Å². The first-order valence-electron chi connectivity index (χ1n) is 8.03. The number of nitrogens with one attached hydrogen (secondary N) is 1. The first kappa shape index (κ1) is 14.6. The lowest BCUT2D eigenvalue weighted by Gasteiger charge is -2.10. The van der Waals surface area contributed by atoms with E-state index in [2.05, 4.69) is 27.6 Å². The molecule has 1 aliphatic rings. The molecule has 4 rings (SSSR count). The Hall–Kier alpha value is -2.95. The van der Waals surface area contributed by atoms with E-state index in [4.69, 9.17) is 0 Å². The van der Waals surface area contributed by atoms with Gasteiger partial charge in [0.2, 0.25) is 5.91 Å². The van der Waals surface area contributed by atoms with E-state index in [0.717, 1.165) is 23.5 Å². The van der Waals surface area contributed by atoms with Gasteiger partial charge < -0.3 is 9.88 Å². The Morgan fingerprint density at radius 1 is 1.12 bits per heavy atom. The van der Waals surface area contributed by atoms with Crippen molar-refractivity contribution in [1.82, 2.24) is 14.8 Å². The van der Waals surface area contributed by atoms with Crippen molar-refractivity contribution in [2.24, 2.45) is 13.0 Å². The normalized spacial score (nSPS) is 19.0. The number of rotatable bonds is 4. The Bertz CT molecular complexity index is 872. The highest BCUT2D eigenvalue weighted by atomic mass is 16.2. The summed E-state index contributed by atoms with van der Waals surface area (Å²) in [6.45, 7) is 0. The molecule has 1 heterocycles. The van der Waals surface area contributed by atoms with Gasteiger partial charge in [-0.2, -0.15) is 0 Å². The van der Waals surface area contributed by atoms with Gasteiger partial charge in [0.15, 0.2) is 5.82 Å². The van der Waals surface area contributed by atoms with Crippen LogP contribution in [0.5, 0.6) is 0 Å². The Morgan fingerprint density at radius 2 is 1.88 bits per heavy atom. The zero-order chi connectivity index (χ0) is 16.5. The summed E-state index contributed by atoms with van der Waals surface area (Å²) in [5, 5.41) is 11.1. The summed E-state index contributed by atoms with van der Waals surface area (Å²) in [6.07, 6.45) is 2.56. The third kappa shape index (κ3) is 2.69. The minimum atomic E-state index is 0.0416. The average Bonchev–Trinajstić information content (AvgIpc) is 3.31. The minimum absolute atomic E-state index is 0.0416. The van der Waals surface area contributed by atoms with Gasteiger partial charge in [-0.25, -0.2) is 0 Å². The molecule has 2 aromatic carbocycles. The van der Waals surface area contributed by atoms with E-state index >= 15 is 0 Å². The summed E-state index contributed by atoms with van der Waals surface area (Å²) >= 11 is 0. The van der Waals surface area contributed by atoms with Crippen molar-refractivity contribution in [3.05, 3.63) is 66.5 Å². The first-order valence-corrected chi connectivity index (χ1v) is 8.03. The smallest absolute Gasteiger partial charge is 0.228 e. The number of hydrogen-bond acceptors (Lipinski definition) is 3. The fourth-order valence-corrected chi connectivity index (χ4v) is 3.09. The molecule has 1 aromatic heterocycles. The van der Waals surface area contributed by atoms with Crippen LogP contribution >= 0.6 is 0 Å². The standard InChI is InChI=1S/C19H18N4O/c1-23-12-20-22-18(23)14-9-5-6-10-17(14)21-19(24)16-11-15(16)13-7-3-2-4-8-13/h2-10,12,15-16H,11H2,1H3,(H,21,24)/t15-,16-/m1/s1. The summed E-state index contributed by atoms with van der Waals surface area (Å²) in [6, 6.07) is 17.9. The van der Waals surface area contributed by atoms with Crippen LogP contribution in [0.25, 0.3) is 11.4 Å². The van der Waals surface area contributed by atoms with Crippen molar-refractivity contribution in [1.29, 1.82) is 0 Å². The van der Waals surface area contributed by atoms with Crippen LogP contribution in [0.2, 0.25) is 0 Å². The van der Waals surface area contributed by atoms with E-state index in [1.807, 2.05) is 54.1 Å². The highest BCUT2D eigenvalue weighted by Gasteiger charge is 2.43. The summed E-state index contributed by atoms with van der Waals surface area (Å²) in [5.41, 5.74) is 2.89. The average molecular weight is 318 g/mol. The van der Waals surface area contributed by atoms with Gasteiger partial charge in [-0.05, 0) is 30.0 Å². The zero-order valence-corrected chi connectivity index (χ0v) is 13.4. The van der Waals surface area contributed by atoms with Gasteiger partial charge >= 0.3 is 0 Å². The molecular formula is C19H18N4O. The van der Waals surface area contributed by atoms with Crippen LogP contribution < -0.4 is 5.32 Å². The molecule has 5 nitrogen and oxygen atoms in total. The molecule has 1 aliphatic carbocycles. The van der Waals surface area contributed by atoms with Gasteiger partial charge in [-0.3, -0.25) is 4.79 Å². The van der Waals surface area contributed by atoms with E-state index in [-0.39, 0.29) is 11.8 Å². The van der Waals surface area contributed by atoms with Crippen LogP contribution in [0.4, 0.5) is 5.69 Å². The quantitative estimate of drug-likeness (QED) is 0.803. The molecule has 0 saturated heterocycles. The Kier molecular flexibility index (Phi) is 3.61. The number of nitrogens with zero attached hydrogens (tertiary/aromatic N) is 3. The third-order valence-corrected chi connectivity index (χ3v) is 4.49. The molecule has 0 radical (unpaired) electrons. The van der Waals surface area contributed by atoms with Gasteiger partial charge in [-0.15, -0.1) is 10.2 Å². The fourth-order valence-electron chi connectivity index (χ4n) is 3.09. The molecule has 1 N–H and O–H groups in total. The topological polar surface area (TPSA) is 59.8 Å². The maximum absolute atomic E-state index is 12.6. The summed E-state index contributed by atoms with van der Waals surface area (Å²) in [5.74, 6) is 1.17. The second-order valence-corrected chi connectivity index (χ2v) is 6.16. The lowest BCUT2D eigenvalue weighted by Crippen LogP contribution is -2.15. The molecule has 2 atom stereocenters. The fraction of sp³-hybridized carbons (Fsp3) is 0.211. The number of aryl methyl sites for hydroxylation is 1. The zero-order valence-electron chi connectivity index (χ0n) is 13.4. The highest BCUT2D eigenvalue weighted by Crippen LogP contribution is 2.48. The predicted molar refractivity (Wildman–Crippen MR) is 92.4 cm³/mol. The number of hydrogen-bond donors (Lipinski definition) is 1. The first-order chi connectivity index (χ1) is 11.7. The molecular weight excluding hydrogens is 300 g/mol. The van der Waals surface area contributed by atoms with E-state index in [0.29, 0.717) is 5.92 Å². The Labute approximate surface area is 140 Å². The minimum Gasteiger partial charge on any atom is -0.325 e. The van der Waals surface area contributed by atoms with Crippen LogP contribution in [0.1, 0.15) is 17.9 Å². The van der Waals surface area contributed by atoms with E-state index < -0.39 is 0 Å². The van der Waals surface area contributed by atoms with Gasteiger partial charge in [0.1, 0.15) is 6.33 Å². The van der Waals surface area contributed by atoms with Crippen LogP contribution in [0.15, 0.2) is 60.9 Å². The second-order valence-electron chi connectivity index (χ2n) is 6.16. The molecule has 1 saturated carbocycles. The summed E-state index contributed by atoms with van der Waals surface area (Å²) < 4.78 is 1.84. The van der Waals surface area contributed by atoms with Crippen molar-refractivity contribution in [3.8, 4) is 11.4 Å². The van der Waals surface area contributed by atoms with Crippen LogP contribution in [0, 0.1) is 5.92 Å². The molecule has 0 unspecified atom stereocenters. The number of carbonyl (C=O) groups is 1. The van der Waals surface area contributed by atoms with Crippen LogP contribution in [-0.2, 0) is 11.8 Å². The highest BCUT2D eigenvalue weighted by molar-refractivity contribution is 5.98. The molecule has 1 fully saturated rings. The Morgan fingerprint density at radius 3 is 2.62 bits per heavy atom. The van der Waals surface area contributed by atoms with E-state index in [1.165, 1.54) is 5.56 Å². The molecule has 3 aromatic rings. The number of aromatic nitrogens is 3. The molecule has 5 heteroatoms. The van der Waals surface area contributed by atoms with Crippen molar-refractivity contribution < 1.29 is 4.79 Å². The van der Waals surface area contributed by atoms with Gasteiger partial charge in [0, 0.05) is 18.5 Å². The van der Waals surface area contributed by atoms with Crippen LogP contribution in [0.3, 0.4) is 0 Å². The van der Waals surface area contributed by atoms with Crippen molar-refractivity contribution >= 4 is 11.6 Å². The number of benzene rings is 2. The molecule has 1 amide bonds. The predicted octanol–water partition coefficient (Wildman–Crippen LogP) is 3.22. The second kappa shape index (κ2) is 5.92. The Balaban J connectivity index is 1.53. The maximum atomic E-state index is 12.6. The maximum Gasteiger partial charge on any atom is 0.228 e. The van der Waals surface area contributed by atoms with Crippen molar-refractivity contribution in [2.45, 2.75) is 12.3 Å². The number of para-hydroxylation sites is 1.